The fourth-order valence-corrected chi connectivity index (χ4v) is 6.42. The summed E-state index contributed by atoms with van der Waals surface area (Å²) in [5, 5.41) is 4.82. The highest BCUT2D eigenvalue weighted by atomic mass is 19.1. The van der Waals surface area contributed by atoms with E-state index in [1.165, 1.54) is 38.1 Å². The Hall–Kier alpha value is -4.15. The van der Waals surface area contributed by atoms with Gasteiger partial charge in [-0.15, -0.1) is 0 Å². The molecule has 0 amide bonds. The van der Waals surface area contributed by atoms with E-state index in [0.717, 1.165) is 53.8 Å². The van der Waals surface area contributed by atoms with Gasteiger partial charge in [0.15, 0.2) is 0 Å². The molecule has 9 nitrogen and oxygen atoms in total. The zero-order chi connectivity index (χ0) is 27.9. The van der Waals surface area contributed by atoms with Crippen molar-refractivity contribution in [3.8, 4) is 11.1 Å². The first-order valence-corrected chi connectivity index (χ1v) is 14.4. The minimum absolute atomic E-state index is 0.303. The second kappa shape index (κ2) is 10.7. The maximum absolute atomic E-state index is 13.5. The molecule has 0 bridgehead atoms. The van der Waals surface area contributed by atoms with Gasteiger partial charge in [-0.2, -0.15) is 0 Å². The van der Waals surface area contributed by atoms with Gasteiger partial charge < -0.3 is 20.5 Å². The number of hydrogen-bond acceptors (Lipinski definition) is 8. The van der Waals surface area contributed by atoms with Gasteiger partial charge >= 0.3 is 0 Å². The Labute approximate surface area is 238 Å². The highest BCUT2D eigenvalue weighted by Gasteiger charge is 2.30. The van der Waals surface area contributed by atoms with Crippen LogP contribution in [0.2, 0.25) is 0 Å². The third-order valence-electron chi connectivity index (χ3n) is 8.75. The van der Waals surface area contributed by atoms with Crippen LogP contribution in [-0.4, -0.2) is 73.6 Å². The number of likely N-dealkylation sites (N-methyl/N-ethyl adjacent to an activating group) is 1. The minimum Gasteiger partial charge on any atom is -0.383 e. The number of piperazine rings is 1. The zero-order valence-electron chi connectivity index (χ0n) is 23.2. The number of fused-ring (bicyclic) bond motifs is 2. The molecule has 210 valence electrons. The molecule has 41 heavy (non-hydrogen) atoms. The maximum Gasteiger partial charge on any atom is 0.227 e. The van der Waals surface area contributed by atoms with Crippen LogP contribution in [-0.2, 0) is 0 Å². The summed E-state index contributed by atoms with van der Waals surface area (Å²) in [6.07, 6.45) is 10.1. The van der Waals surface area contributed by atoms with Gasteiger partial charge in [-0.05, 0) is 68.6 Å². The summed E-state index contributed by atoms with van der Waals surface area (Å²) in [6, 6.07) is 13.7. The summed E-state index contributed by atoms with van der Waals surface area (Å²) in [7, 11) is 2.21. The molecule has 1 saturated carbocycles. The Morgan fingerprint density at radius 1 is 0.902 bits per heavy atom. The number of rotatable bonds is 5. The zero-order valence-corrected chi connectivity index (χ0v) is 23.2. The molecule has 7 rings (SSSR count). The average molecular weight is 552 g/mol. The molecule has 3 aromatic heterocycles. The van der Waals surface area contributed by atoms with E-state index in [0.29, 0.717) is 34.8 Å². The summed E-state index contributed by atoms with van der Waals surface area (Å²) in [4.78, 5) is 23.0. The summed E-state index contributed by atoms with van der Waals surface area (Å²) < 4.78 is 15.8. The summed E-state index contributed by atoms with van der Waals surface area (Å²) in [5.74, 6) is 0.652. The molecule has 1 saturated heterocycles. The molecule has 4 heterocycles. The average Bonchev–Trinajstić information content (AvgIpc) is 3.39. The van der Waals surface area contributed by atoms with Crippen molar-refractivity contribution in [1.82, 2.24) is 34.3 Å². The van der Waals surface area contributed by atoms with Crippen molar-refractivity contribution in [2.24, 2.45) is 0 Å². The SMILES string of the molecule is CN1CCN([C@H]2CC[C@H](n3cc(-c4ccc(Nc5ncc6cc(F)ccc6n5)cc4)c4c(N)ncnc43)CC2)CC1. The van der Waals surface area contributed by atoms with E-state index in [-0.39, 0.29) is 5.82 Å². The number of nitrogens with one attached hydrogen (secondary N) is 1. The summed E-state index contributed by atoms with van der Waals surface area (Å²) in [5.41, 5.74) is 10.9. The molecular formula is C31H34FN9. The van der Waals surface area contributed by atoms with Crippen molar-refractivity contribution in [3.05, 3.63) is 67.0 Å². The quantitative estimate of drug-likeness (QED) is 0.306. The predicted molar refractivity (Wildman–Crippen MR) is 161 cm³/mol. The van der Waals surface area contributed by atoms with E-state index in [2.05, 4.69) is 65.0 Å². The van der Waals surface area contributed by atoms with Crippen LogP contribution in [0.5, 0.6) is 0 Å². The van der Waals surface area contributed by atoms with Crippen molar-refractivity contribution >= 4 is 39.4 Å². The number of nitrogens with two attached hydrogens (primary N) is 1. The molecule has 1 aliphatic carbocycles. The van der Waals surface area contributed by atoms with E-state index in [1.807, 2.05) is 12.1 Å². The Morgan fingerprint density at radius 3 is 2.44 bits per heavy atom. The molecule has 3 N–H and O–H groups in total. The third kappa shape index (κ3) is 5.09. The number of nitrogen functional groups attached to an aromatic ring is 1. The van der Waals surface area contributed by atoms with Gasteiger partial charge in [-0.1, -0.05) is 12.1 Å². The van der Waals surface area contributed by atoms with Gasteiger partial charge in [0.1, 0.15) is 23.6 Å². The van der Waals surface area contributed by atoms with Crippen molar-refractivity contribution < 1.29 is 4.39 Å². The fourth-order valence-electron chi connectivity index (χ4n) is 6.42. The standard InChI is InChI=1S/C31H34FN9/c1-39-12-14-40(15-13-39)24-7-9-25(10-8-24)41-18-26(28-29(33)35-19-36-30(28)41)20-2-5-23(6-3-20)37-31-34-17-21-16-22(32)4-11-27(21)38-31/h2-6,11,16-19,24-25H,7-10,12-15H2,1H3,(H2,33,35,36)(H,34,37,38)/t24-,25-. The smallest absolute Gasteiger partial charge is 0.227 e. The lowest BCUT2D eigenvalue weighted by Crippen LogP contribution is -2.49. The first kappa shape index (κ1) is 25.8. The summed E-state index contributed by atoms with van der Waals surface area (Å²) in [6.45, 7) is 4.66. The fraction of sp³-hybridized carbons (Fsp3) is 0.355. The number of aromatic nitrogens is 5. The lowest BCUT2D eigenvalue weighted by atomic mass is 9.89. The van der Waals surface area contributed by atoms with Crippen LogP contribution in [0.15, 0.2) is 61.2 Å². The lowest BCUT2D eigenvalue weighted by molar-refractivity contribution is 0.0828. The highest BCUT2D eigenvalue weighted by molar-refractivity contribution is 6.00. The van der Waals surface area contributed by atoms with Gasteiger partial charge in [0.2, 0.25) is 5.95 Å². The van der Waals surface area contributed by atoms with E-state index < -0.39 is 0 Å². The van der Waals surface area contributed by atoms with Gasteiger partial charge in [0.25, 0.3) is 0 Å². The largest absolute Gasteiger partial charge is 0.383 e. The molecule has 1 aliphatic heterocycles. The molecule has 0 radical (unpaired) electrons. The minimum atomic E-state index is -0.303. The van der Waals surface area contributed by atoms with Gasteiger partial charge in [-0.25, -0.2) is 24.3 Å². The number of anilines is 3. The van der Waals surface area contributed by atoms with Crippen LogP contribution in [0.3, 0.4) is 0 Å². The molecule has 2 fully saturated rings. The second-order valence-corrected chi connectivity index (χ2v) is 11.3. The topological polar surface area (TPSA) is 101 Å². The molecule has 0 unspecified atom stereocenters. The van der Waals surface area contributed by atoms with E-state index in [4.69, 9.17) is 5.73 Å². The molecule has 10 heteroatoms. The van der Waals surface area contributed by atoms with Crippen LogP contribution in [0, 0.1) is 5.82 Å². The van der Waals surface area contributed by atoms with Gasteiger partial charge in [-0.3, -0.25) is 4.90 Å². The molecule has 2 aliphatic rings. The van der Waals surface area contributed by atoms with Crippen LogP contribution in [0.4, 0.5) is 21.8 Å². The van der Waals surface area contributed by atoms with Crippen molar-refractivity contribution in [3.63, 3.8) is 0 Å². The van der Waals surface area contributed by atoms with Crippen LogP contribution in [0.25, 0.3) is 33.1 Å². The molecule has 0 atom stereocenters. The first-order valence-electron chi connectivity index (χ1n) is 14.4. The monoisotopic (exact) mass is 551 g/mol. The second-order valence-electron chi connectivity index (χ2n) is 11.3. The van der Waals surface area contributed by atoms with Crippen molar-refractivity contribution in [1.29, 1.82) is 0 Å². The number of hydrogen-bond donors (Lipinski definition) is 2. The molecule has 0 spiro atoms. The number of benzene rings is 2. The molecule has 5 aromatic rings. The third-order valence-corrected chi connectivity index (χ3v) is 8.75. The first-order chi connectivity index (χ1) is 20.0. The van der Waals surface area contributed by atoms with Gasteiger partial charge in [0, 0.05) is 67.3 Å². The van der Waals surface area contributed by atoms with E-state index in [1.54, 1.807) is 18.6 Å². The molecular weight excluding hydrogens is 517 g/mol. The van der Waals surface area contributed by atoms with Crippen LogP contribution >= 0.6 is 0 Å². The Bertz CT molecular complexity index is 1680. The Morgan fingerprint density at radius 2 is 1.66 bits per heavy atom. The number of nitrogens with zero attached hydrogens (tertiary/aromatic N) is 7. The number of halogens is 1. The highest BCUT2D eigenvalue weighted by Crippen LogP contribution is 2.39. The van der Waals surface area contributed by atoms with E-state index in [9.17, 15) is 4.39 Å². The predicted octanol–water partition coefficient (Wildman–Crippen LogP) is 5.24. The Kier molecular flexibility index (Phi) is 6.72. The Balaban J connectivity index is 1.11. The normalized spacial score (nSPS) is 20.5. The van der Waals surface area contributed by atoms with E-state index >= 15 is 0 Å². The van der Waals surface area contributed by atoms with Crippen LogP contribution < -0.4 is 11.1 Å². The lowest BCUT2D eigenvalue weighted by Gasteiger charge is -2.41. The maximum atomic E-state index is 13.5. The molecule has 2 aromatic carbocycles. The van der Waals surface area contributed by atoms with Gasteiger partial charge in [0.05, 0.1) is 10.9 Å². The van der Waals surface area contributed by atoms with Crippen molar-refractivity contribution in [2.75, 3.05) is 44.3 Å². The van der Waals surface area contributed by atoms with Crippen LogP contribution in [0.1, 0.15) is 31.7 Å². The summed E-state index contributed by atoms with van der Waals surface area (Å²) >= 11 is 0. The van der Waals surface area contributed by atoms with Crippen molar-refractivity contribution in [2.45, 2.75) is 37.8 Å².